The number of hydrogen-bond acceptors (Lipinski definition) is 4. The summed E-state index contributed by atoms with van der Waals surface area (Å²) >= 11 is 0. The molecule has 0 unspecified atom stereocenters. The van der Waals surface area contributed by atoms with Crippen LogP contribution in [0, 0.1) is 0 Å². The number of likely N-dealkylation sites (N-methyl/N-ethyl adjacent to an activating group) is 1. The average Bonchev–Trinajstić information content (AvgIpc) is 2.80. The molecule has 1 aromatic rings. The van der Waals surface area contributed by atoms with Crippen molar-refractivity contribution in [3.8, 4) is 0 Å². The smallest absolute Gasteiger partial charge is 0.234 e. The Hall–Kier alpha value is -1.29. The minimum absolute atomic E-state index is 0.913. The highest BCUT2D eigenvalue weighted by atomic mass is 16.5. The van der Waals surface area contributed by atoms with E-state index in [0.29, 0.717) is 0 Å². The van der Waals surface area contributed by atoms with Gasteiger partial charge in [-0.2, -0.15) is 0 Å². The molecule has 0 aromatic carbocycles. The van der Waals surface area contributed by atoms with E-state index in [1.54, 1.807) is 0 Å². The summed E-state index contributed by atoms with van der Waals surface area (Å²) in [5, 5.41) is 3.96. The van der Waals surface area contributed by atoms with E-state index in [0.717, 1.165) is 44.0 Å². The van der Waals surface area contributed by atoms with Crippen molar-refractivity contribution in [2.75, 3.05) is 38.1 Å². The first kappa shape index (κ1) is 12.2. The Balaban J connectivity index is 2.27. The maximum atomic E-state index is 5.41. The predicted octanol–water partition coefficient (Wildman–Crippen LogP) is 2.24. The molecule has 17 heavy (non-hydrogen) atoms. The third kappa shape index (κ3) is 2.52. The summed E-state index contributed by atoms with van der Waals surface area (Å²) < 4.78 is 5.41. The lowest BCUT2D eigenvalue weighted by Crippen LogP contribution is -2.26. The van der Waals surface area contributed by atoms with Gasteiger partial charge >= 0.3 is 0 Å². The second-order valence-corrected chi connectivity index (χ2v) is 4.47. The zero-order valence-electron chi connectivity index (χ0n) is 10.9. The van der Waals surface area contributed by atoms with Gasteiger partial charge in [0.05, 0.1) is 11.8 Å². The van der Waals surface area contributed by atoms with E-state index in [-0.39, 0.29) is 0 Å². The molecular formula is C13H21N3O. The van der Waals surface area contributed by atoms with Gasteiger partial charge < -0.3 is 14.3 Å². The molecule has 1 aromatic heterocycles. The highest BCUT2D eigenvalue weighted by Gasteiger charge is 2.19. The lowest BCUT2D eigenvalue weighted by atomic mass is 10.0. The Morgan fingerprint density at radius 2 is 2.18 bits per heavy atom. The van der Waals surface area contributed by atoms with E-state index in [4.69, 9.17) is 4.52 Å². The van der Waals surface area contributed by atoms with Crippen molar-refractivity contribution >= 4 is 11.5 Å². The number of rotatable bonds is 4. The van der Waals surface area contributed by atoms with Gasteiger partial charge in [-0.05, 0) is 32.9 Å². The van der Waals surface area contributed by atoms with Crippen molar-refractivity contribution in [1.82, 2.24) is 10.1 Å². The van der Waals surface area contributed by atoms with Crippen molar-refractivity contribution in [3.05, 3.63) is 17.8 Å². The molecule has 0 aliphatic carbocycles. The summed E-state index contributed by atoms with van der Waals surface area (Å²) in [7, 11) is 2.15. The second-order valence-electron chi connectivity index (χ2n) is 4.47. The Morgan fingerprint density at radius 3 is 2.82 bits per heavy atom. The molecule has 0 amide bonds. The second kappa shape index (κ2) is 5.36. The molecule has 2 rings (SSSR count). The Labute approximate surface area is 103 Å². The Bertz CT molecular complexity index is 393. The van der Waals surface area contributed by atoms with Gasteiger partial charge in [0.25, 0.3) is 0 Å². The zero-order chi connectivity index (χ0) is 12.3. The highest BCUT2D eigenvalue weighted by molar-refractivity contribution is 5.74. The number of aromatic nitrogens is 1. The van der Waals surface area contributed by atoms with E-state index in [9.17, 15) is 0 Å². The van der Waals surface area contributed by atoms with Gasteiger partial charge in [0.1, 0.15) is 0 Å². The fraction of sp³-hybridized carbons (Fsp3) is 0.615. The quantitative estimate of drug-likeness (QED) is 0.801. The summed E-state index contributed by atoms with van der Waals surface area (Å²) in [6.45, 7) is 8.28. The molecule has 0 N–H and O–H groups in total. The topological polar surface area (TPSA) is 32.5 Å². The van der Waals surface area contributed by atoms with Crippen LogP contribution in [0.25, 0.3) is 5.57 Å². The fourth-order valence-corrected chi connectivity index (χ4v) is 2.28. The molecule has 0 radical (unpaired) electrons. The summed E-state index contributed by atoms with van der Waals surface area (Å²) in [4.78, 5) is 4.53. The van der Waals surface area contributed by atoms with Crippen LogP contribution in [0.1, 0.15) is 25.8 Å². The monoisotopic (exact) mass is 235 g/mol. The van der Waals surface area contributed by atoms with Crippen LogP contribution >= 0.6 is 0 Å². The molecule has 0 saturated carbocycles. The molecule has 1 aliphatic heterocycles. The van der Waals surface area contributed by atoms with E-state index in [2.05, 4.69) is 41.9 Å². The fourth-order valence-electron chi connectivity index (χ4n) is 2.28. The molecule has 94 valence electrons. The predicted molar refractivity (Wildman–Crippen MR) is 70.2 cm³/mol. The largest absolute Gasteiger partial charge is 0.341 e. The van der Waals surface area contributed by atoms with Gasteiger partial charge in [-0.15, -0.1) is 0 Å². The van der Waals surface area contributed by atoms with Crippen LogP contribution < -0.4 is 4.90 Å². The van der Waals surface area contributed by atoms with Gasteiger partial charge in [-0.1, -0.05) is 11.2 Å². The number of nitrogens with zero attached hydrogens (tertiary/aromatic N) is 3. The summed E-state index contributed by atoms with van der Waals surface area (Å²) in [5.41, 5.74) is 2.49. The maximum absolute atomic E-state index is 5.41. The van der Waals surface area contributed by atoms with Crippen LogP contribution in [0.5, 0.6) is 0 Å². The molecule has 0 saturated heterocycles. The highest BCUT2D eigenvalue weighted by Crippen LogP contribution is 2.29. The lowest BCUT2D eigenvalue weighted by molar-refractivity contribution is 0.372. The molecule has 0 bridgehead atoms. The van der Waals surface area contributed by atoms with Gasteiger partial charge in [0.15, 0.2) is 0 Å². The first-order chi connectivity index (χ1) is 8.26. The van der Waals surface area contributed by atoms with Crippen LogP contribution in [-0.4, -0.2) is 43.3 Å². The molecule has 4 heteroatoms. The average molecular weight is 235 g/mol. The standard InChI is InChI=1S/C13H21N3O/c1-4-16(5-2)13-12(9-14-17-13)11-7-6-8-15(3)10-11/h7,9H,4-6,8,10H2,1-3H3. The van der Waals surface area contributed by atoms with Crippen LogP contribution in [0.4, 0.5) is 5.88 Å². The van der Waals surface area contributed by atoms with Crippen LogP contribution in [0.2, 0.25) is 0 Å². The van der Waals surface area contributed by atoms with E-state index < -0.39 is 0 Å². The molecule has 0 fully saturated rings. The minimum Gasteiger partial charge on any atom is -0.341 e. The van der Waals surface area contributed by atoms with Crippen molar-refractivity contribution < 1.29 is 4.52 Å². The van der Waals surface area contributed by atoms with Crippen molar-refractivity contribution in [1.29, 1.82) is 0 Å². The molecular weight excluding hydrogens is 214 g/mol. The van der Waals surface area contributed by atoms with Gasteiger partial charge in [0, 0.05) is 26.2 Å². The third-order valence-electron chi connectivity index (χ3n) is 3.29. The normalized spacial score (nSPS) is 17.0. The maximum Gasteiger partial charge on any atom is 0.234 e. The molecule has 1 aliphatic rings. The molecule has 2 heterocycles. The van der Waals surface area contributed by atoms with Crippen LogP contribution in [-0.2, 0) is 0 Å². The molecule has 0 spiro atoms. The Kier molecular flexibility index (Phi) is 3.84. The third-order valence-corrected chi connectivity index (χ3v) is 3.29. The van der Waals surface area contributed by atoms with Gasteiger partial charge in [-0.3, -0.25) is 0 Å². The summed E-state index contributed by atoms with van der Waals surface area (Å²) in [6.07, 6.45) is 5.26. The first-order valence-corrected chi connectivity index (χ1v) is 6.33. The first-order valence-electron chi connectivity index (χ1n) is 6.33. The summed E-state index contributed by atoms with van der Waals surface area (Å²) in [5.74, 6) is 0.913. The SMILES string of the molecule is CCN(CC)c1oncc1C1=CCCN(C)C1. The number of anilines is 1. The van der Waals surface area contributed by atoms with Gasteiger partial charge in [0.2, 0.25) is 5.88 Å². The van der Waals surface area contributed by atoms with E-state index >= 15 is 0 Å². The Morgan fingerprint density at radius 1 is 1.41 bits per heavy atom. The van der Waals surface area contributed by atoms with Crippen molar-refractivity contribution in [3.63, 3.8) is 0 Å². The molecule has 4 nitrogen and oxygen atoms in total. The lowest BCUT2D eigenvalue weighted by Gasteiger charge is -2.24. The number of hydrogen-bond donors (Lipinski definition) is 0. The molecule has 0 atom stereocenters. The van der Waals surface area contributed by atoms with E-state index in [1.165, 1.54) is 5.57 Å². The van der Waals surface area contributed by atoms with Crippen molar-refractivity contribution in [2.45, 2.75) is 20.3 Å². The minimum atomic E-state index is 0.913. The van der Waals surface area contributed by atoms with E-state index in [1.807, 2.05) is 6.20 Å². The van der Waals surface area contributed by atoms with Crippen LogP contribution in [0.3, 0.4) is 0 Å². The van der Waals surface area contributed by atoms with Crippen LogP contribution in [0.15, 0.2) is 16.8 Å². The van der Waals surface area contributed by atoms with Gasteiger partial charge in [-0.25, -0.2) is 0 Å². The zero-order valence-corrected chi connectivity index (χ0v) is 10.9. The van der Waals surface area contributed by atoms with Crippen molar-refractivity contribution in [2.24, 2.45) is 0 Å². The summed E-state index contributed by atoms with van der Waals surface area (Å²) in [6, 6.07) is 0.